The molecule has 31 heavy (non-hydrogen) atoms. The first-order valence-corrected chi connectivity index (χ1v) is 9.71. The van der Waals surface area contributed by atoms with Crippen molar-refractivity contribution in [2.24, 2.45) is 0 Å². The molecular formula is C25H24N2O4. The topological polar surface area (TPSA) is 87.7 Å². The number of nitrogens with one attached hydrogen (secondary N) is 2. The molecule has 0 spiro atoms. The van der Waals surface area contributed by atoms with Crippen LogP contribution in [-0.2, 0) is 9.59 Å². The number of rotatable bonds is 6. The Bertz CT molecular complexity index is 1090. The van der Waals surface area contributed by atoms with Crippen LogP contribution in [0.3, 0.4) is 0 Å². The number of hydrogen-bond donors (Lipinski definition) is 3. The van der Waals surface area contributed by atoms with Gasteiger partial charge in [-0.15, -0.1) is 0 Å². The number of phenolic OH excluding ortho intramolecular Hbond substituents is 1. The van der Waals surface area contributed by atoms with Crippen molar-refractivity contribution >= 4 is 29.3 Å². The Labute approximate surface area is 181 Å². The molecule has 3 aromatic carbocycles. The van der Waals surface area contributed by atoms with Gasteiger partial charge in [-0.1, -0.05) is 42.5 Å². The number of carbonyl (C=O) groups excluding carboxylic acids is 2. The number of amides is 2. The summed E-state index contributed by atoms with van der Waals surface area (Å²) in [4.78, 5) is 26.2. The quantitative estimate of drug-likeness (QED) is 0.309. The van der Waals surface area contributed by atoms with Crippen molar-refractivity contribution in [1.29, 1.82) is 0 Å². The zero-order valence-electron chi connectivity index (χ0n) is 17.6. The van der Waals surface area contributed by atoms with E-state index in [-0.39, 0.29) is 17.1 Å². The van der Waals surface area contributed by atoms with Crippen LogP contribution in [0, 0.1) is 13.8 Å². The highest BCUT2D eigenvalue weighted by molar-refractivity contribution is 6.29. The average molecular weight is 416 g/mol. The van der Waals surface area contributed by atoms with Crippen LogP contribution in [0.4, 0.5) is 11.4 Å². The van der Waals surface area contributed by atoms with Gasteiger partial charge in [0.25, 0.3) is 11.8 Å². The first kappa shape index (κ1) is 21.6. The molecule has 0 saturated carbocycles. The van der Waals surface area contributed by atoms with E-state index in [4.69, 9.17) is 4.74 Å². The van der Waals surface area contributed by atoms with Crippen molar-refractivity contribution in [2.75, 3.05) is 17.7 Å². The van der Waals surface area contributed by atoms with Crippen LogP contribution >= 0.6 is 0 Å². The van der Waals surface area contributed by atoms with E-state index in [1.54, 1.807) is 24.3 Å². The molecule has 0 unspecified atom stereocenters. The Kier molecular flexibility index (Phi) is 6.72. The van der Waals surface area contributed by atoms with Crippen LogP contribution in [0.2, 0.25) is 0 Å². The second kappa shape index (κ2) is 9.63. The highest BCUT2D eigenvalue weighted by Crippen LogP contribution is 2.28. The van der Waals surface area contributed by atoms with Crippen LogP contribution in [-0.4, -0.2) is 24.0 Å². The molecule has 0 fully saturated rings. The summed E-state index contributed by atoms with van der Waals surface area (Å²) in [7, 11) is 1.43. The van der Waals surface area contributed by atoms with Gasteiger partial charge in [-0.25, -0.2) is 0 Å². The van der Waals surface area contributed by atoms with Gasteiger partial charge >= 0.3 is 0 Å². The zero-order valence-corrected chi connectivity index (χ0v) is 17.6. The minimum atomic E-state index is -0.549. The van der Waals surface area contributed by atoms with E-state index >= 15 is 0 Å². The van der Waals surface area contributed by atoms with E-state index in [9.17, 15) is 14.7 Å². The molecular weight excluding hydrogens is 392 g/mol. The Morgan fingerprint density at radius 1 is 0.839 bits per heavy atom. The summed E-state index contributed by atoms with van der Waals surface area (Å²) in [5.41, 5.74) is 3.43. The third-order valence-corrected chi connectivity index (χ3v) is 4.79. The molecule has 6 nitrogen and oxygen atoms in total. The third kappa shape index (κ3) is 5.30. The minimum absolute atomic E-state index is 0.0325. The van der Waals surface area contributed by atoms with Crippen molar-refractivity contribution in [2.45, 2.75) is 13.8 Å². The number of aryl methyl sites for hydroxylation is 2. The molecule has 6 heteroatoms. The third-order valence-electron chi connectivity index (χ3n) is 4.79. The number of ether oxygens (including phenoxy) is 1. The summed E-state index contributed by atoms with van der Waals surface area (Å²) in [6, 6.07) is 19.2. The number of hydrogen-bond acceptors (Lipinski definition) is 4. The second-order valence-corrected chi connectivity index (χ2v) is 7.03. The maximum absolute atomic E-state index is 13.1. The van der Waals surface area contributed by atoms with Crippen LogP contribution in [0.5, 0.6) is 11.5 Å². The minimum Gasteiger partial charge on any atom is -0.504 e. The van der Waals surface area contributed by atoms with E-state index in [1.165, 1.54) is 19.3 Å². The first-order valence-electron chi connectivity index (χ1n) is 9.71. The van der Waals surface area contributed by atoms with Crippen LogP contribution in [0.25, 0.3) is 6.08 Å². The maximum Gasteiger partial charge on any atom is 0.261 e. The number of anilines is 2. The monoisotopic (exact) mass is 416 g/mol. The van der Waals surface area contributed by atoms with Crippen molar-refractivity contribution in [3.63, 3.8) is 0 Å². The fourth-order valence-corrected chi connectivity index (χ4v) is 2.99. The van der Waals surface area contributed by atoms with Crippen LogP contribution in [0.1, 0.15) is 16.7 Å². The standard InChI is InChI=1S/C25H24N2O4/c1-16-8-4-6-10-20(16)26-24(29)19(14-18-12-13-22(28)23(15-18)31-3)25(30)27-21-11-7-5-9-17(21)2/h4-15,28H,1-3H3,(H,26,29)(H,27,30). The lowest BCUT2D eigenvalue weighted by molar-refractivity contribution is -0.118. The summed E-state index contributed by atoms with van der Waals surface area (Å²) >= 11 is 0. The van der Waals surface area contributed by atoms with Crippen molar-refractivity contribution < 1.29 is 19.4 Å². The van der Waals surface area contributed by atoms with Gasteiger partial charge in [0.15, 0.2) is 11.5 Å². The number of aromatic hydroxyl groups is 1. The molecule has 0 atom stereocenters. The summed E-state index contributed by atoms with van der Waals surface area (Å²) < 4.78 is 5.13. The molecule has 0 bridgehead atoms. The Morgan fingerprint density at radius 3 is 1.84 bits per heavy atom. The van der Waals surface area contributed by atoms with Gasteiger partial charge in [0.05, 0.1) is 7.11 Å². The molecule has 3 aromatic rings. The van der Waals surface area contributed by atoms with Crippen molar-refractivity contribution in [3.05, 3.63) is 89.0 Å². The smallest absolute Gasteiger partial charge is 0.261 e. The molecule has 2 amide bonds. The molecule has 158 valence electrons. The average Bonchev–Trinajstić information content (AvgIpc) is 2.76. The van der Waals surface area contributed by atoms with Gasteiger partial charge in [-0.3, -0.25) is 9.59 Å². The molecule has 0 aliphatic rings. The van der Waals surface area contributed by atoms with Gasteiger partial charge in [-0.05, 0) is 60.9 Å². The fourth-order valence-electron chi connectivity index (χ4n) is 2.99. The SMILES string of the molecule is COc1cc(C=C(C(=O)Nc2ccccc2C)C(=O)Nc2ccccc2C)ccc1O. The number of phenols is 1. The van der Waals surface area contributed by atoms with Gasteiger partial charge in [0, 0.05) is 11.4 Å². The van der Waals surface area contributed by atoms with Crippen molar-refractivity contribution in [1.82, 2.24) is 0 Å². The second-order valence-electron chi connectivity index (χ2n) is 7.03. The maximum atomic E-state index is 13.1. The Balaban J connectivity index is 1.98. The van der Waals surface area contributed by atoms with Gasteiger partial charge in [0.1, 0.15) is 5.57 Å². The van der Waals surface area contributed by atoms with Gasteiger partial charge in [0.2, 0.25) is 0 Å². The number of methoxy groups -OCH3 is 1. The van der Waals surface area contributed by atoms with E-state index in [0.717, 1.165) is 11.1 Å². The summed E-state index contributed by atoms with van der Waals surface area (Å²) in [5, 5.41) is 15.4. The predicted octanol–water partition coefficient (Wildman–Crippen LogP) is 4.68. The zero-order chi connectivity index (χ0) is 22.4. The van der Waals surface area contributed by atoms with Crippen LogP contribution < -0.4 is 15.4 Å². The lowest BCUT2D eigenvalue weighted by atomic mass is 10.1. The number of para-hydroxylation sites is 2. The molecule has 0 aliphatic heterocycles. The largest absolute Gasteiger partial charge is 0.504 e. The number of benzene rings is 3. The lowest BCUT2D eigenvalue weighted by Crippen LogP contribution is -2.25. The summed E-state index contributed by atoms with van der Waals surface area (Å²) in [5.74, 6) is -0.888. The molecule has 0 radical (unpaired) electrons. The molecule has 0 aliphatic carbocycles. The fraction of sp³-hybridized carbons (Fsp3) is 0.120. The van der Waals surface area contributed by atoms with E-state index in [2.05, 4.69) is 10.6 Å². The van der Waals surface area contributed by atoms with E-state index < -0.39 is 11.8 Å². The van der Waals surface area contributed by atoms with E-state index in [1.807, 2.05) is 50.2 Å². The number of carbonyl (C=O) groups is 2. The normalized spacial score (nSPS) is 10.2. The predicted molar refractivity (Wildman–Crippen MR) is 122 cm³/mol. The molecule has 0 aromatic heterocycles. The Morgan fingerprint density at radius 2 is 1.35 bits per heavy atom. The molecule has 3 rings (SSSR count). The van der Waals surface area contributed by atoms with Crippen LogP contribution in [0.15, 0.2) is 72.3 Å². The highest BCUT2D eigenvalue weighted by Gasteiger charge is 2.20. The summed E-state index contributed by atoms with van der Waals surface area (Å²) in [6.45, 7) is 3.74. The Hall–Kier alpha value is -4.06. The highest BCUT2D eigenvalue weighted by atomic mass is 16.5. The molecule has 0 saturated heterocycles. The summed E-state index contributed by atoms with van der Waals surface area (Å²) in [6.07, 6.45) is 1.46. The van der Waals surface area contributed by atoms with Gasteiger partial charge < -0.3 is 20.5 Å². The van der Waals surface area contributed by atoms with E-state index in [0.29, 0.717) is 16.9 Å². The lowest BCUT2D eigenvalue weighted by Gasteiger charge is -2.13. The molecule has 0 heterocycles. The molecule has 3 N–H and O–H groups in total. The first-order chi connectivity index (χ1) is 14.9. The van der Waals surface area contributed by atoms with Crippen molar-refractivity contribution in [3.8, 4) is 11.5 Å². The van der Waals surface area contributed by atoms with Gasteiger partial charge in [-0.2, -0.15) is 0 Å².